The highest BCUT2D eigenvalue weighted by atomic mass is 19.1. The van der Waals surface area contributed by atoms with Crippen molar-refractivity contribution in [3.63, 3.8) is 0 Å². The summed E-state index contributed by atoms with van der Waals surface area (Å²) in [6.07, 6.45) is 2.99. The van der Waals surface area contributed by atoms with Crippen molar-refractivity contribution in [1.29, 1.82) is 0 Å². The fourth-order valence-electron chi connectivity index (χ4n) is 3.08. The van der Waals surface area contributed by atoms with Crippen LogP contribution in [0, 0.1) is 5.82 Å². The highest BCUT2D eigenvalue weighted by Crippen LogP contribution is 2.34. The molecule has 3 rings (SSSR count). The first-order valence-electron chi connectivity index (χ1n) is 8.71. The maximum absolute atomic E-state index is 14.6. The van der Waals surface area contributed by atoms with Crippen LogP contribution in [0.3, 0.4) is 0 Å². The maximum Gasteiger partial charge on any atom is 0.165 e. The van der Waals surface area contributed by atoms with Crippen LogP contribution in [-0.2, 0) is 19.6 Å². The number of fused-ring (bicyclic) bond motifs is 1. The predicted molar refractivity (Wildman–Crippen MR) is 101 cm³/mol. The minimum atomic E-state index is -0.302. The van der Waals surface area contributed by atoms with Gasteiger partial charge in [0.25, 0.3) is 0 Å². The summed E-state index contributed by atoms with van der Waals surface area (Å²) in [5.41, 5.74) is 3.19. The topological polar surface area (TPSA) is 17.4 Å². The van der Waals surface area contributed by atoms with E-state index in [1.807, 2.05) is 50.5 Å². The second kappa shape index (κ2) is 7.70. The van der Waals surface area contributed by atoms with Gasteiger partial charge in [0, 0.05) is 24.7 Å². The van der Waals surface area contributed by atoms with Crippen molar-refractivity contribution in [3.8, 4) is 5.75 Å². The molecule has 0 aliphatic heterocycles. The monoisotopic (exact) mass is 340 g/mol. The third kappa shape index (κ3) is 3.85. The molecule has 3 aromatic rings. The van der Waals surface area contributed by atoms with Gasteiger partial charge in [-0.25, -0.2) is 4.39 Å². The Bertz CT molecular complexity index is 840. The lowest BCUT2D eigenvalue weighted by molar-refractivity contribution is 0.294. The Hall–Kier alpha value is -2.33. The van der Waals surface area contributed by atoms with Gasteiger partial charge in [0.1, 0.15) is 6.61 Å². The molecule has 0 saturated heterocycles. The van der Waals surface area contributed by atoms with Crippen molar-refractivity contribution in [2.24, 2.45) is 0 Å². The molecule has 132 valence electrons. The van der Waals surface area contributed by atoms with Crippen LogP contribution in [0.15, 0.2) is 48.7 Å². The first kappa shape index (κ1) is 17.5. The Kier molecular flexibility index (Phi) is 5.39. The van der Waals surface area contributed by atoms with Crippen LogP contribution in [-0.4, -0.2) is 30.1 Å². The predicted octanol–water partition coefficient (Wildman–Crippen LogP) is 4.48. The van der Waals surface area contributed by atoms with Crippen LogP contribution in [0.4, 0.5) is 4.39 Å². The van der Waals surface area contributed by atoms with Crippen LogP contribution in [0.1, 0.15) is 18.1 Å². The van der Waals surface area contributed by atoms with Crippen LogP contribution in [0.5, 0.6) is 5.75 Å². The standard InChI is InChI=1S/C21H25FN2O/c1-4-24-14-17(12-13-23(2)3)20-19(24)11-10-18(22)21(20)25-15-16-8-6-5-7-9-16/h5-11,14H,4,12-13,15H2,1-3H3. The SMILES string of the molecule is CCn1cc(CCN(C)C)c2c(OCc3ccccc3)c(F)ccc21. The Morgan fingerprint density at radius 1 is 1.08 bits per heavy atom. The quantitative estimate of drug-likeness (QED) is 0.631. The molecule has 3 nitrogen and oxygen atoms in total. The molecule has 4 heteroatoms. The lowest BCUT2D eigenvalue weighted by Crippen LogP contribution is -2.15. The summed E-state index contributed by atoms with van der Waals surface area (Å²) in [7, 11) is 4.10. The minimum Gasteiger partial charge on any atom is -0.485 e. The molecule has 0 aliphatic carbocycles. The van der Waals surface area contributed by atoms with Crippen molar-refractivity contribution in [3.05, 3.63) is 65.6 Å². The summed E-state index contributed by atoms with van der Waals surface area (Å²) in [6.45, 7) is 4.23. The summed E-state index contributed by atoms with van der Waals surface area (Å²) in [4.78, 5) is 2.14. The van der Waals surface area contributed by atoms with Gasteiger partial charge >= 0.3 is 0 Å². The molecule has 0 N–H and O–H groups in total. The van der Waals surface area contributed by atoms with Crippen LogP contribution in [0.25, 0.3) is 10.9 Å². The van der Waals surface area contributed by atoms with E-state index in [9.17, 15) is 4.39 Å². The second-order valence-electron chi connectivity index (χ2n) is 6.54. The average Bonchev–Trinajstić information content (AvgIpc) is 2.98. The van der Waals surface area contributed by atoms with Gasteiger partial charge in [-0.3, -0.25) is 0 Å². The molecule has 0 spiro atoms. The number of likely N-dealkylation sites (N-methyl/N-ethyl adjacent to an activating group) is 1. The summed E-state index contributed by atoms with van der Waals surface area (Å²) in [5, 5.41) is 0.902. The molecule has 0 fully saturated rings. The van der Waals surface area contributed by atoms with Gasteiger partial charge in [-0.1, -0.05) is 30.3 Å². The van der Waals surface area contributed by atoms with Crippen LogP contribution in [0.2, 0.25) is 0 Å². The van der Waals surface area contributed by atoms with Crippen LogP contribution < -0.4 is 4.74 Å². The number of ether oxygens (including phenoxy) is 1. The molecule has 0 radical (unpaired) electrons. The third-order valence-electron chi connectivity index (χ3n) is 4.42. The Balaban J connectivity index is 2.00. The van der Waals surface area contributed by atoms with E-state index in [-0.39, 0.29) is 5.82 Å². The van der Waals surface area contributed by atoms with E-state index in [0.717, 1.165) is 41.5 Å². The average molecular weight is 340 g/mol. The number of halogens is 1. The molecule has 0 unspecified atom stereocenters. The summed E-state index contributed by atoms with van der Waals surface area (Å²) < 4.78 is 22.7. The first-order valence-corrected chi connectivity index (χ1v) is 8.71. The molecule has 1 aromatic heterocycles. The van der Waals surface area contributed by atoms with Gasteiger partial charge < -0.3 is 14.2 Å². The largest absolute Gasteiger partial charge is 0.485 e. The maximum atomic E-state index is 14.6. The van der Waals surface area contributed by atoms with Crippen molar-refractivity contribution in [1.82, 2.24) is 9.47 Å². The molecular formula is C21H25FN2O. The van der Waals surface area contributed by atoms with Crippen molar-refractivity contribution < 1.29 is 9.13 Å². The summed E-state index contributed by atoms with van der Waals surface area (Å²) >= 11 is 0. The van der Waals surface area contributed by atoms with Gasteiger partial charge in [0.15, 0.2) is 11.6 Å². The van der Waals surface area contributed by atoms with E-state index in [1.165, 1.54) is 6.07 Å². The van der Waals surface area contributed by atoms with E-state index in [0.29, 0.717) is 12.4 Å². The number of hydrogen-bond donors (Lipinski definition) is 0. The Labute approximate surface area is 148 Å². The molecule has 25 heavy (non-hydrogen) atoms. The molecule has 1 heterocycles. The van der Waals surface area contributed by atoms with Gasteiger partial charge in [-0.05, 0) is 50.7 Å². The zero-order valence-corrected chi connectivity index (χ0v) is 15.1. The van der Waals surface area contributed by atoms with E-state index in [4.69, 9.17) is 4.74 Å². The number of hydrogen-bond acceptors (Lipinski definition) is 2. The number of rotatable bonds is 7. The molecule has 0 bridgehead atoms. The normalized spacial score (nSPS) is 11.4. The number of aromatic nitrogens is 1. The van der Waals surface area contributed by atoms with E-state index in [1.54, 1.807) is 0 Å². The van der Waals surface area contributed by atoms with E-state index >= 15 is 0 Å². The molecule has 0 amide bonds. The third-order valence-corrected chi connectivity index (χ3v) is 4.42. The summed E-state index contributed by atoms with van der Waals surface area (Å²) in [6, 6.07) is 13.2. The fraction of sp³-hybridized carbons (Fsp3) is 0.333. The fourth-order valence-corrected chi connectivity index (χ4v) is 3.08. The lowest BCUT2D eigenvalue weighted by Gasteiger charge is -2.12. The number of nitrogens with zero attached hydrogens (tertiary/aromatic N) is 2. The van der Waals surface area contributed by atoms with Crippen molar-refractivity contribution >= 4 is 10.9 Å². The summed E-state index contributed by atoms with van der Waals surface area (Å²) in [5.74, 6) is 0.0608. The molecular weight excluding hydrogens is 315 g/mol. The van der Waals surface area contributed by atoms with Gasteiger partial charge in [0.2, 0.25) is 0 Å². The Morgan fingerprint density at radius 3 is 2.52 bits per heavy atom. The number of aryl methyl sites for hydroxylation is 1. The highest BCUT2D eigenvalue weighted by Gasteiger charge is 2.17. The van der Waals surface area contributed by atoms with E-state index in [2.05, 4.69) is 22.6 Å². The smallest absolute Gasteiger partial charge is 0.165 e. The van der Waals surface area contributed by atoms with Crippen molar-refractivity contribution in [2.75, 3.05) is 20.6 Å². The molecule has 0 atom stereocenters. The van der Waals surface area contributed by atoms with E-state index < -0.39 is 0 Å². The zero-order chi connectivity index (χ0) is 17.8. The Morgan fingerprint density at radius 2 is 1.84 bits per heavy atom. The second-order valence-corrected chi connectivity index (χ2v) is 6.54. The number of benzene rings is 2. The molecule has 2 aromatic carbocycles. The highest BCUT2D eigenvalue weighted by molar-refractivity contribution is 5.90. The van der Waals surface area contributed by atoms with Crippen LogP contribution >= 0.6 is 0 Å². The molecule has 0 aliphatic rings. The molecule has 0 saturated carbocycles. The van der Waals surface area contributed by atoms with Crippen molar-refractivity contribution in [2.45, 2.75) is 26.5 Å². The zero-order valence-electron chi connectivity index (χ0n) is 15.1. The minimum absolute atomic E-state index is 0.302. The lowest BCUT2D eigenvalue weighted by atomic mass is 10.1. The van der Waals surface area contributed by atoms with Gasteiger partial charge in [-0.15, -0.1) is 0 Å². The van der Waals surface area contributed by atoms with Gasteiger partial charge in [0.05, 0.1) is 5.52 Å². The first-order chi connectivity index (χ1) is 12.1. The van der Waals surface area contributed by atoms with Gasteiger partial charge in [-0.2, -0.15) is 0 Å².